The van der Waals surface area contributed by atoms with E-state index in [1.165, 1.54) is 11.8 Å². The van der Waals surface area contributed by atoms with Gasteiger partial charge in [0.25, 0.3) is 10.0 Å². The van der Waals surface area contributed by atoms with E-state index in [-0.39, 0.29) is 10.8 Å². The predicted octanol–water partition coefficient (Wildman–Crippen LogP) is 6.79. The lowest BCUT2D eigenvalue weighted by molar-refractivity contribution is 0.411. The molecule has 0 saturated heterocycles. The van der Waals surface area contributed by atoms with E-state index in [2.05, 4.69) is 16.5 Å². The van der Waals surface area contributed by atoms with E-state index in [0.717, 1.165) is 34.0 Å². The second-order valence-corrected chi connectivity index (χ2v) is 11.2. The molecule has 0 amide bonds. The molecular weight excluding hydrogens is 510 g/mol. The van der Waals surface area contributed by atoms with Crippen LogP contribution in [0.5, 0.6) is 0 Å². The summed E-state index contributed by atoms with van der Waals surface area (Å²) < 4.78 is 30.8. The topological polar surface area (TPSA) is 62.1 Å². The monoisotopic (exact) mass is 533 g/mol. The molecule has 1 aliphatic heterocycles. The maximum atomic E-state index is 13.3. The number of nitrogens with zero attached hydrogens (tertiary/aromatic N) is 3. The highest BCUT2D eigenvalue weighted by Crippen LogP contribution is 2.31. The largest absolute Gasteiger partial charge is 0.284 e. The van der Waals surface area contributed by atoms with Crippen molar-refractivity contribution in [1.82, 2.24) is 5.01 Å². The molecule has 0 fully saturated rings. The smallest absolute Gasteiger partial charge is 0.241 e. The summed E-state index contributed by atoms with van der Waals surface area (Å²) in [7, 11) is -3.93. The average molecular weight is 534 g/mol. The Kier molecular flexibility index (Phi) is 7.14. The van der Waals surface area contributed by atoms with Gasteiger partial charge >= 0.3 is 0 Å². The highest BCUT2D eigenvalue weighted by molar-refractivity contribution is 8.13. The zero-order chi connectivity index (χ0) is 25.1. The summed E-state index contributed by atoms with van der Waals surface area (Å²) in [6, 6.07) is 30.5. The molecule has 36 heavy (non-hydrogen) atoms. The van der Waals surface area contributed by atoms with E-state index < -0.39 is 10.0 Å². The van der Waals surface area contributed by atoms with Gasteiger partial charge in [0.15, 0.2) is 5.17 Å². The summed E-state index contributed by atoms with van der Waals surface area (Å²) >= 11 is 7.40. The first-order valence-corrected chi connectivity index (χ1v) is 14.5. The molecule has 4 aromatic carbocycles. The van der Waals surface area contributed by atoms with Gasteiger partial charge < -0.3 is 0 Å². The number of rotatable bonds is 4. The zero-order valence-corrected chi connectivity index (χ0v) is 22.0. The fraction of sp³-hybridized carbons (Fsp3) is 0.143. The Labute approximate surface area is 220 Å². The number of benzene rings is 4. The van der Waals surface area contributed by atoms with Crippen molar-refractivity contribution in [3.63, 3.8) is 0 Å². The Morgan fingerprint density at radius 2 is 1.64 bits per heavy atom. The summed E-state index contributed by atoms with van der Waals surface area (Å²) in [5, 5.41) is 9.44. The van der Waals surface area contributed by atoms with Gasteiger partial charge in [-0.1, -0.05) is 96.2 Å². The molecule has 0 radical (unpaired) electrons. The fourth-order valence-electron chi connectivity index (χ4n) is 4.34. The van der Waals surface area contributed by atoms with Crippen LogP contribution in [0.25, 0.3) is 10.8 Å². The van der Waals surface area contributed by atoms with Gasteiger partial charge in [-0.25, -0.2) is 5.01 Å². The predicted molar refractivity (Wildman–Crippen MR) is 151 cm³/mol. The molecule has 0 aliphatic carbocycles. The molecule has 5 nitrogen and oxygen atoms in total. The number of sulfonamides is 1. The minimum atomic E-state index is -3.93. The minimum Gasteiger partial charge on any atom is -0.241 e. The summed E-state index contributed by atoms with van der Waals surface area (Å²) in [4.78, 5) is 0.161. The van der Waals surface area contributed by atoms with Crippen LogP contribution in [-0.2, 0) is 10.0 Å². The molecule has 0 spiro atoms. The van der Waals surface area contributed by atoms with Crippen LogP contribution >= 0.6 is 23.4 Å². The first-order chi connectivity index (χ1) is 17.4. The number of amidine groups is 1. The molecular formula is C28H24ClN3O2S2. The van der Waals surface area contributed by atoms with Gasteiger partial charge in [0.05, 0.1) is 10.6 Å². The Bertz CT molecular complexity index is 1550. The van der Waals surface area contributed by atoms with Crippen molar-refractivity contribution in [2.45, 2.75) is 17.2 Å². The third-order valence-electron chi connectivity index (χ3n) is 6.15. The van der Waals surface area contributed by atoms with Gasteiger partial charge in [0.2, 0.25) is 0 Å². The molecule has 5 rings (SSSR count). The summed E-state index contributed by atoms with van der Waals surface area (Å²) in [5.74, 6) is 0.0730. The van der Waals surface area contributed by atoms with Gasteiger partial charge in [0, 0.05) is 17.5 Å². The molecule has 0 bridgehead atoms. The molecule has 1 heterocycles. The van der Waals surface area contributed by atoms with E-state index in [0.29, 0.717) is 16.7 Å². The first-order valence-electron chi connectivity index (χ1n) is 11.5. The molecule has 0 N–H and O–H groups in total. The molecule has 4 aromatic rings. The van der Waals surface area contributed by atoms with Crippen LogP contribution in [0, 0.1) is 0 Å². The molecule has 8 heteroatoms. The Morgan fingerprint density at radius 1 is 0.944 bits per heavy atom. The fourth-order valence-corrected chi connectivity index (χ4v) is 6.32. The number of hydrogen-bond donors (Lipinski definition) is 0. The molecule has 182 valence electrons. The van der Waals surface area contributed by atoms with Crippen LogP contribution in [0.3, 0.4) is 0 Å². The van der Waals surface area contributed by atoms with Crippen LogP contribution in [0.15, 0.2) is 111 Å². The van der Waals surface area contributed by atoms with Crippen molar-refractivity contribution in [3.8, 4) is 0 Å². The quantitative estimate of drug-likeness (QED) is 0.214. The van der Waals surface area contributed by atoms with Crippen LogP contribution in [0.2, 0.25) is 5.02 Å². The normalized spacial score (nSPS) is 16.7. The molecule has 0 aromatic heterocycles. The van der Waals surface area contributed by atoms with E-state index >= 15 is 0 Å². The first kappa shape index (κ1) is 24.6. The summed E-state index contributed by atoms with van der Waals surface area (Å²) in [6.07, 6.45) is 2.58. The summed E-state index contributed by atoms with van der Waals surface area (Å²) in [5.41, 5.74) is 2.96. The molecule has 1 atom stereocenters. The zero-order valence-electron chi connectivity index (χ0n) is 19.6. The van der Waals surface area contributed by atoms with Crippen molar-refractivity contribution >= 4 is 55.0 Å². The third kappa shape index (κ3) is 5.19. The van der Waals surface area contributed by atoms with Crippen molar-refractivity contribution in [1.29, 1.82) is 0 Å². The lowest BCUT2D eigenvalue weighted by atomic mass is 9.86. The average Bonchev–Trinajstić information content (AvgIpc) is 2.92. The van der Waals surface area contributed by atoms with Gasteiger partial charge in [-0.3, -0.25) is 0 Å². The highest BCUT2D eigenvalue weighted by atomic mass is 35.5. The van der Waals surface area contributed by atoms with E-state index in [1.807, 2.05) is 73.0 Å². The number of hydrazone groups is 1. The highest BCUT2D eigenvalue weighted by Gasteiger charge is 2.29. The summed E-state index contributed by atoms with van der Waals surface area (Å²) in [6.45, 7) is 0.545. The maximum absolute atomic E-state index is 13.3. The third-order valence-corrected chi connectivity index (χ3v) is 8.45. The second kappa shape index (κ2) is 10.5. The number of hydrogen-bond acceptors (Lipinski definition) is 4. The van der Waals surface area contributed by atoms with Gasteiger partial charge in [-0.05, 0) is 58.8 Å². The van der Waals surface area contributed by atoms with E-state index in [1.54, 1.807) is 23.2 Å². The van der Waals surface area contributed by atoms with E-state index in [9.17, 15) is 8.42 Å². The molecule has 1 aliphatic rings. The molecule has 0 saturated carbocycles. The lowest BCUT2D eigenvalue weighted by Crippen LogP contribution is -2.35. The van der Waals surface area contributed by atoms with Crippen LogP contribution in [0.4, 0.5) is 0 Å². The Balaban J connectivity index is 1.54. The minimum absolute atomic E-state index is 0.0730. The lowest BCUT2D eigenvalue weighted by Gasteiger charge is -2.31. The van der Waals surface area contributed by atoms with Crippen molar-refractivity contribution < 1.29 is 8.42 Å². The Hall–Kier alpha value is -3.13. The number of halogens is 1. The second-order valence-electron chi connectivity index (χ2n) is 8.43. The molecule has 1 unspecified atom stereocenters. The van der Waals surface area contributed by atoms with Crippen LogP contribution < -0.4 is 0 Å². The van der Waals surface area contributed by atoms with Crippen molar-refractivity contribution in [3.05, 3.63) is 113 Å². The van der Waals surface area contributed by atoms with E-state index in [4.69, 9.17) is 16.7 Å². The van der Waals surface area contributed by atoms with Gasteiger partial charge in [-0.15, -0.1) is 4.40 Å². The Morgan fingerprint density at radius 3 is 2.36 bits per heavy atom. The SMILES string of the molecule is CS/C(=N/S(=O)(=O)c1ccc2ccccc2c1)N1CCC(c2ccccc2)C(c2ccc(Cl)cc2)=N1. The van der Waals surface area contributed by atoms with Gasteiger partial charge in [-0.2, -0.15) is 13.5 Å². The van der Waals surface area contributed by atoms with Crippen molar-refractivity contribution in [2.75, 3.05) is 12.8 Å². The number of fused-ring (bicyclic) bond motifs is 1. The van der Waals surface area contributed by atoms with Crippen molar-refractivity contribution in [2.24, 2.45) is 9.50 Å². The number of thioether (sulfide) groups is 1. The van der Waals surface area contributed by atoms with Gasteiger partial charge in [0.1, 0.15) is 0 Å². The maximum Gasteiger partial charge on any atom is 0.284 e. The van der Waals surface area contributed by atoms with Crippen LogP contribution in [-0.4, -0.2) is 37.1 Å². The van der Waals surface area contributed by atoms with Crippen LogP contribution in [0.1, 0.15) is 23.5 Å². The standard InChI is InChI=1S/C28H24ClN3O2S2/c1-35-28(31-36(33,34)25-16-13-20-7-5-6-10-23(20)19-25)32-18-17-26(21-8-3-2-4-9-21)27(30-32)22-11-14-24(29)15-12-22/h2-16,19,26H,17-18H2,1H3/b31-28+.